The molecule has 0 N–H and O–H groups in total. The standard InChI is InChI=1S/C29H34F2N2O8S2/c1-4-19(15-28-32(13-11-22(5-2)42(34,35)36)24-17-20(30)7-9-26(24)40-28)16-29-33(14-12-23(6-3)43(37,38)39)25-18-21(31)8-10-27(25)41-29/h7-10,15-18,22-23H,4-6,11-14H2,1-3H3,(H-,34,35,36,37,38,39)/p-1. The quantitative estimate of drug-likeness (QED) is 0.187. The van der Waals surface area contributed by atoms with E-state index in [0.29, 0.717) is 34.5 Å². The van der Waals surface area contributed by atoms with E-state index in [2.05, 4.69) is 0 Å². The number of halogens is 2. The number of anilines is 1. The van der Waals surface area contributed by atoms with Gasteiger partial charge in [0.2, 0.25) is 11.5 Å². The van der Waals surface area contributed by atoms with Gasteiger partial charge in [0.25, 0.3) is 5.52 Å². The molecule has 2 atom stereocenters. The Bertz CT molecular complexity index is 1770. The largest absolute Gasteiger partial charge is 0.748 e. The fourth-order valence-electron chi connectivity index (χ4n) is 5.04. The van der Waals surface area contributed by atoms with E-state index < -0.39 is 42.4 Å². The molecule has 234 valence electrons. The number of nitrogens with zero attached hydrogens (tertiary/aromatic N) is 2. The van der Waals surface area contributed by atoms with Crippen LogP contribution < -0.4 is 14.2 Å². The van der Waals surface area contributed by atoms with E-state index >= 15 is 0 Å². The summed E-state index contributed by atoms with van der Waals surface area (Å²) >= 11 is 0. The minimum atomic E-state index is -4.54. The van der Waals surface area contributed by atoms with Gasteiger partial charge in [0.15, 0.2) is 12.3 Å². The van der Waals surface area contributed by atoms with Crippen molar-refractivity contribution in [2.45, 2.75) is 69.9 Å². The van der Waals surface area contributed by atoms with Crippen molar-refractivity contribution in [2.24, 2.45) is 0 Å². The summed E-state index contributed by atoms with van der Waals surface area (Å²) in [6.45, 7) is 5.19. The van der Waals surface area contributed by atoms with Crippen molar-refractivity contribution in [3.8, 4) is 5.75 Å². The maximum absolute atomic E-state index is 14.2. The SMILES string of the molecule is CCC(/C=C1\Oc2ccc(F)cc2N1CCC(CC)S(=O)(=O)[O-])=C\c1oc2ccc(F)cc2[n+]1CCC(CC)S(=O)(=O)[O-]. The Hall–Kier alpha value is -3.33. The molecule has 0 spiro atoms. The van der Waals surface area contributed by atoms with Gasteiger partial charge in [0.1, 0.15) is 11.6 Å². The zero-order valence-corrected chi connectivity index (χ0v) is 25.6. The highest BCUT2D eigenvalue weighted by Crippen LogP contribution is 2.40. The first kappa shape index (κ1) is 32.6. The van der Waals surface area contributed by atoms with Crippen LogP contribution in [0.2, 0.25) is 0 Å². The molecule has 14 heteroatoms. The van der Waals surface area contributed by atoms with Gasteiger partial charge in [-0.15, -0.1) is 0 Å². The smallest absolute Gasteiger partial charge is 0.374 e. The van der Waals surface area contributed by atoms with Gasteiger partial charge in [-0.05, 0) is 55.5 Å². The van der Waals surface area contributed by atoms with Crippen molar-refractivity contribution in [3.05, 3.63) is 71.5 Å². The molecule has 1 aromatic heterocycles. The normalized spacial score (nSPS) is 16.5. The number of rotatable bonds is 13. The summed E-state index contributed by atoms with van der Waals surface area (Å²) in [6.07, 6.45) is 3.99. The molecule has 0 radical (unpaired) electrons. The van der Waals surface area contributed by atoms with Crippen LogP contribution in [0.5, 0.6) is 5.75 Å². The maximum atomic E-state index is 14.2. The molecule has 4 rings (SSSR count). The van der Waals surface area contributed by atoms with Crippen molar-refractivity contribution in [2.75, 3.05) is 11.4 Å². The minimum Gasteiger partial charge on any atom is -0.748 e. The zero-order valence-electron chi connectivity index (χ0n) is 24.0. The zero-order chi connectivity index (χ0) is 31.5. The summed E-state index contributed by atoms with van der Waals surface area (Å²) in [5, 5.41) is -2.26. The molecular formula is C29H33F2N2O8S2-. The lowest BCUT2D eigenvalue weighted by atomic mass is 10.1. The second-order valence-corrected chi connectivity index (χ2v) is 13.6. The van der Waals surface area contributed by atoms with Crippen LogP contribution in [0.3, 0.4) is 0 Å². The fourth-order valence-corrected chi connectivity index (χ4v) is 6.64. The molecule has 1 aliphatic rings. The monoisotopic (exact) mass is 639 g/mol. The van der Waals surface area contributed by atoms with Crippen molar-refractivity contribution in [3.63, 3.8) is 0 Å². The average molecular weight is 640 g/mol. The van der Waals surface area contributed by atoms with E-state index in [1.165, 1.54) is 36.4 Å². The molecular weight excluding hydrogens is 606 g/mol. The second kappa shape index (κ2) is 13.1. The third-order valence-electron chi connectivity index (χ3n) is 7.49. The lowest BCUT2D eigenvalue weighted by molar-refractivity contribution is -0.678. The Balaban J connectivity index is 1.74. The summed E-state index contributed by atoms with van der Waals surface area (Å²) in [7, 11) is -9.09. The Morgan fingerprint density at radius 2 is 1.58 bits per heavy atom. The van der Waals surface area contributed by atoms with E-state index in [1.807, 2.05) is 6.92 Å². The second-order valence-electron chi connectivity index (χ2n) is 10.2. The predicted molar refractivity (Wildman–Crippen MR) is 154 cm³/mol. The van der Waals surface area contributed by atoms with Crippen LogP contribution >= 0.6 is 0 Å². The average Bonchev–Trinajstić information content (AvgIpc) is 3.43. The van der Waals surface area contributed by atoms with Crippen LogP contribution in [0.25, 0.3) is 17.2 Å². The van der Waals surface area contributed by atoms with Crippen molar-refractivity contribution in [1.29, 1.82) is 0 Å². The van der Waals surface area contributed by atoms with Gasteiger partial charge in [0.05, 0.1) is 42.5 Å². The summed E-state index contributed by atoms with van der Waals surface area (Å²) in [5.74, 6) is -0.165. The number of allylic oxidation sites excluding steroid dienone is 2. The molecule has 0 aliphatic carbocycles. The lowest BCUT2D eigenvalue weighted by Gasteiger charge is -2.24. The van der Waals surface area contributed by atoms with Crippen LogP contribution in [0, 0.1) is 11.6 Å². The van der Waals surface area contributed by atoms with Crippen LogP contribution in [0.15, 0.2) is 58.3 Å². The molecule has 2 unspecified atom stereocenters. The topological polar surface area (TPSA) is 144 Å². The molecule has 43 heavy (non-hydrogen) atoms. The highest BCUT2D eigenvalue weighted by molar-refractivity contribution is 7.86. The molecule has 1 aliphatic heterocycles. The Kier molecular flexibility index (Phi) is 9.94. The predicted octanol–water partition coefficient (Wildman–Crippen LogP) is 4.96. The van der Waals surface area contributed by atoms with E-state index in [0.717, 1.165) is 0 Å². The highest BCUT2D eigenvalue weighted by atomic mass is 32.2. The van der Waals surface area contributed by atoms with E-state index in [-0.39, 0.29) is 50.5 Å². The van der Waals surface area contributed by atoms with Crippen LogP contribution in [-0.2, 0) is 26.8 Å². The Morgan fingerprint density at radius 3 is 2.21 bits per heavy atom. The number of ether oxygens (including phenoxy) is 1. The highest BCUT2D eigenvalue weighted by Gasteiger charge is 2.29. The number of hydrogen-bond donors (Lipinski definition) is 0. The van der Waals surface area contributed by atoms with Crippen LogP contribution in [0.4, 0.5) is 14.5 Å². The van der Waals surface area contributed by atoms with Gasteiger partial charge >= 0.3 is 5.89 Å². The maximum Gasteiger partial charge on any atom is 0.374 e. The van der Waals surface area contributed by atoms with Gasteiger partial charge in [0, 0.05) is 31.2 Å². The van der Waals surface area contributed by atoms with Gasteiger partial charge in [-0.2, -0.15) is 4.57 Å². The number of benzene rings is 2. The molecule has 10 nitrogen and oxygen atoms in total. The number of aryl methyl sites for hydroxylation is 1. The van der Waals surface area contributed by atoms with Crippen LogP contribution in [0.1, 0.15) is 58.8 Å². The summed E-state index contributed by atoms with van der Waals surface area (Å²) in [5.41, 5.74) is 1.74. The lowest BCUT2D eigenvalue weighted by Crippen LogP contribution is -2.38. The van der Waals surface area contributed by atoms with E-state index in [1.54, 1.807) is 35.5 Å². The first-order valence-electron chi connectivity index (χ1n) is 13.9. The Labute approximate surface area is 249 Å². The number of oxazole rings is 1. The molecule has 0 saturated carbocycles. The molecule has 2 aromatic carbocycles. The molecule has 2 heterocycles. The molecule has 0 saturated heterocycles. The molecule has 0 fully saturated rings. The van der Waals surface area contributed by atoms with Crippen molar-refractivity contribution >= 4 is 43.1 Å². The minimum absolute atomic E-state index is 0.0134. The number of aromatic nitrogens is 1. The first-order valence-corrected chi connectivity index (χ1v) is 16.9. The van der Waals surface area contributed by atoms with Gasteiger partial charge in [-0.25, -0.2) is 25.6 Å². The van der Waals surface area contributed by atoms with Crippen molar-refractivity contribution < 1.29 is 48.4 Å². The van der Waals surface area contributed by atoms with E-state index in [9.17, 15) is 34.7 Å². The third-order valence-corrected chi connectivity index (χ3v) is 10.3. The Morgan fingerprint density at radius 1 is 0.953 bits per heavy atom. The summed E-state index contributed by atoms with van der Waals surface area (Å²) in [6, 6.07) is 7.88. The first-order chi connectivity index (χ1) is 20.2. The summed E-state index contributed by atoms with van der Waals surface area (Å²) < 4.78 is 112. The van der Waals surface area contributed by atoms with Crippen molar-refractivity contribution in [1.82, 2.24) is 0 Å². The van der Waals surface area contributed by atoms with E-state index in [4.69, 9.17) is 9.15 Å². The number of fused-ring (bicyclic) bond motifs is 2. The van der Waals surface area contributed by atoms with Gasteiger partial charge < -0.3 is 23.2 Å². The number of hydrogen-bond acceptors (Lipinski definition) is 9. The van der Waals surface area contributed by atoms with Gasteiger partial charge in [-0.1, -0.05) is 20.8 Å². The fraction of sp³-hybridized carbons (Fsp3) is 0.414. The van der Waals surface area contributed by atoms with Crippen LogP contribution in [-0.4, -0.2) is 43.0 Å². The van der Waals surface area contributed by atoms with Gasteiger partial charge in [-0.3, -0.25) is 0 Å². The molecule has 0 amide bonds. The third kappa shape index (κ3) is 7.61. The molecule has 0 bridgehead atoms. The molecule has 3 aromatic rings. The summed E-state index contributed by atoms with van der Waals surface area (Å²) in [4.78, 5) is 1.60.